The lowest BCUT2D eigenvalue weighted by Crippen LogP contribution is -2.20. The minimum atomic E-state index is -4.93. The quantitative estimate of drug-likeness (QED) is 0.509. The van der Waals surface area contributed by atoms with Crippen LogP contribution in [-0.4, -0.2) is 12.4 Å². The molecule has 0 fully saturated rings. The molecule has 0 bridgehead atoms. The zero-order valence-electron chi connectivity index (χ0n) is 10.5. The SMILES string of the molecule is FC(F)(F)CC(CC(F)(F)F)c1ccc(Br)c(C(F)(F)F)c1. The van der Waals surface area contributed by atoms with E-state index < -0.39 is 52.9 Å². The van der Waals surface area contributed by atoms with Crippen molar-refractivity contribution in [1.29, 1.82) is 0 Å². The molecule has 0 nitrogen and oxygen atoms in total. The summed E-state index contributed by atoms with van der Waals surface area (Å²) in [4.78, 5) is 0. The van der Waals surface area contributed by atoms with Gasteiger partial charge in [-0.2, -0.15) is 39.5 Å². The molecular weight excluding hydrogens is 395 g/mol. The normalized spacial score (nSPS) is 13.8. The molecule has 0 aliphatic rings. The fourth-order valence-electron chi connectivity index (χ4n) is 1.88. The molecule has 126 valence electrons. The first kappa shape index (κ1) is 19.1. The van der Waals surface area contributed by atoms with Gasteiger partial charge in [-0.3, -0.25) is 0 Å². The van der Waals surface area contributed by atoms with E-state index in [9.17, 15) is 39.5 Å². The number of hydrogen-bond donors (Lipinski definition) is 0. The van der Waals surface area contributed by atoms with E-state index in [4.69, 9.17) is 0 Å². The molecule has 22 heavy (non-hydrogen) atoms. The van der Waals surface area contributed by atoms with Crippen LogP contribution in [0.1, 0.15) is 29.9 Å². The average Bonchev–Trinajstić information content (AvgIpc) is 2.22. The standard InChI is InChI=1S/C12H8BrF9/c13-9-2-1-6(3-8(9)12(20,21)22)7(4-10(14,15)16)5-11(17,18)19/h1-3,7H,4-5H2. The van der Waals surface area contributed by atoms with Gasteiger partial charge in [0, 0.05) is 10.4 Å². The Kier molecular flexibility index (Phi) is 5.46. The summed E-state index contributed by atoms with van der Waals surface area (Å²) in [5, 5.41) is 0. The highest BCUT2D eigenvalue weighted by molar-refractivity contribution is 9.10. The van der Waals surface area contributed by atoms with Crippen LogP contribution in [0.3, 0.4) is 0 Å². The van der Waals surface area contributed by atoms with E-state index >= 15 is 0 Å². The highest BCUT2D eigenvalue weighted by atomic mass is 79.9. The van der Waals surface area contributed by atoms with Gasteiger partial charge in [-0.15, -0.1) is 0 Å². The van der Waals surface area contributed by atoms with E-state index in [1.165, 1.54) is 0 Å². The van der Waals surface area contributed by atoms with Crippen LogP contribution >= 0.6 is 15.9 Å². The van der Waals surface area contributed by atoms with Crippen molar-refractivity contribution in [2.45, 2.75) is 37.3 Å². The number of halogens is 10. The van der Waals surface area contributed by atoms with Gasteiger partial charge < -0.3 is 0 Å². The third-order valence-electron chi connectivity index (χ3n) is 2.72. The minimum absolute atomic E-state index is 0.312. The van der Waals surface area contributed by atoms with Crippen molar-refractivity contribution in [2.24, 2.45) is 0 Å². The molecule has 0 saturated carbocycles. The minimum Gasteiger partial charge on any atom is -0.171 e. The van der Waals surface area contributed by atoms with Gasteiger partial charge in [-0.1, -0.05) is 22.0 Å². The Morgan fingerprint density at radius 1 is 0.818 bits per heavy atom. The fourth-order valence-corrected chi connectivity index (χ4v) is 2.35. The van der Waals surface area contributed by atoms with Gasteiger partial charge in [0.05, 0.1) is 18.4 Å². The molecule has 0 spiro atoms. The molecule has 0 aliphatic heterocycles. The summed E-state index contributed by atoms with van der Waals surface area (Å²) in [5.74, 6) is -2.13. The lowest BCUT2D eigenvalue weighted by molar-refractivity contribution is -0.163. The Hall–Kier alpha value is -0.930. The van der Waals surface area contributed by atoms with Crippen LogP contribution in [0.15, 0.2) is 22.7 Å². The summed E-state index contributed by atoms with van der Waals surface area (Å²) >= 11 is 2.57. The van der Waals surface area contributed by atoms with Crippen molar-refractivity contribution in [3.05, 3.63) is 33.8 Å². The molecule has 0 atom stereocenters. The van der Waals surface area contributed by atoms with Crippen LogP contribution in [-0.2, 0) is 6.18 Å². The third kappa shape index (κ3) is 6.05. The fraction of sp³-hybridized carbons (Fsp3) is 0.500. The maximum atomic E-state index is 12.7. The van der Waals surface area contributed by atoms with E-state index in [1.807, 2.05) is 0 Å². The first-order valence-corrected chi connectivity index (χ1v) is 6.48. The van der Waals surface area contributed by atoms with Crippen molar-refractivity contribution in [3.63, 3.8) is 0 Å². The lowest BCUT2D eigenvalue weighted by atomic mass is 9.90. The van der Waals surface area contributed by atoms with Crippen molar-refractivity contribution >= 4 is 15.9 Å². The Morgan fingerprint density at radius 2 is 1.27 bits per heavy atom. The maximum Gasteiger partial charge on any atom is 0.417 e. The first-order valence-electron chi connectivity index (χ1n) is 5.69. The van der Waals surface area contributed by atoms with E-state index in [0.29, 0.717) is 6.07 Å². The van der Waals surface area contributed by atoms with Crippen LogP contribution < -0.4 is 0 Å². The molecule has 1 aromatic carbocycles. The van der Waals surface area contributed by atoms with E-state index in [-0.39, 0.29) is 0 Å². The van der Waals surface area contributed by atoms with Crippen LogP contribution in [0, 0.1) is 0 Å². The monoisotopic (exact) mass is 402 g/mol. The smallest absolute Gasteiger partial charge is 0.171 e. The highest BCUT2D eigenvalue weighted by Gasteiger charge is 2.41. The molecular formula is C12H8BrF9. The Morgan fingerprint density at radius 3 is 1.64 bits per heavy atom. The molecule has 0 aliphatic carbocycles. The summed E-state index contributed by atoms with van der Waals surface area (Å²) in [6, 6.07) is 1.92. The van der Waals surface area contributed by atoms with Gasteiger partial charge >= 0.3 is 18.5 Å². The van der Waals surface area contributed by atoms with Crippen molar-refractivity contribution in [1.82, 2.24) is 0 Å². The number of alkyl halides is 9. The van der Waals surface area contributed by atoms with Gasteiger partial charge in [0.2, 0.25) is 0 Å². The molecule has 1 aromatic rings. The van der Waals surface area contributed by atoms with Crippen LogP contribution in [0.25, 0.3) is 0 Å². The van der Waals surface area contributed by atoms with Gasteiger partial charge in [0.1, 0.15) is 0 Å². The van der Waals surface area contributed by atoms with Gasteiger partial charge in [0.15, 0.2) is 0 Å². The molecule has 0 aromatic heterocycles. The zero-order valence-corrected chi connectivity index (χ0v) is 12.1. The largest absolute Gasteiger partial charge is 0.417 e. The Labute approximate surface area is 127 Å². The summed E-state index contributed by atoms with van der Waals surface area (Å²) in [7, 11) is 0. The second-order valence-electron chi connectivity index (χ2n) is 4.57. The van der Waals surface area contributed by atoms with Crippen molar-refractivity contribution < 1.29 is 39.5 Å². The third-order valence-corrected chi connectivity index (χ3v) is 3.41. The average molecular weight is 403 g/mol. The molecule has 0 saturated heterocycles. The molecule has 0 heterocycles. The number of benzene rings is 1. The second kappa shape index (κ2) is 6.29. The summed E-state index contributed by atoms with van der Waals surface area (Å²) in [6.45, 7) is 0. The van der Waals surface area contributed by atoms with Crippen LogP contribution in [0.4, 0.5) is 39.5 Å². The van der Waals surface area contributed by atoms with Gasteiger partial charge in [-0.25, -0.2) is 0 Å². The van der Waals surface area contributed by atoms with Crippen molar-refractivity contribution in [2.75, 3.05) is 0 Å². The van der Waals surface area contributed by atoms with Gasteiger partial charge in [-0.05, 0) is 17.7 Å². The number of rotatable bonds is 3. The topological polar surface area (TPSA) is 0 Å². The lowest BCUT2D eigenvalue weighted by Gasteiger charge is -2.22. The van der Waals surface area contributed by atoms with E-state index in [0.717, 1.165) is 12.1 Å². The molecule has 0 unspecified atom stereocenters. The number of hydrogen-bond acceptors (Lipinski definition) is 0. The predicted octanol–water partition coefficient (Wildman–Crippen LogP) is 6.46. The highest BCUT2D eigenvalue weighted by Crippen LogP contribution is 2.42. The zero-order chi connectivity index (χ0) is 17.3. The van der Waals surface area contributed by atoms with Crippen molar-refractivity contribution in [3.8, 4) is 0 Å². The summed E-state index contributed by atoms with van der Waals surface area (Å²) < 4.78 is 112. The maximum absolute atomic E-state index is 12.7. The molecule has 10 heteroatoms. The van der Waals surface area contributed by atoms with E-state index in [1.54, 1.807) is 0 Å². The van der Waals surface area contributed by atoms with Gasteiger partial charge in [0.25, 0.3) is 0 Å². The van der Waals surface area contributed by atoms with E-state index in [2.05, 4.69) is 15.9 Å². The summed E-state index contributed by atoms with van der Waals surface area (Å²) in [6.07, 6.45) is -18.5. The molecule has 0 amide bonds. The first-order chi connectivity index (χ1) is 9.69. The summed E-state index contributed by atoms with van der Waals surface area (Å²) in [5.41, 5.74) is -1.98. The Balaban J connectivity index is 3.25. The Bertz CT molecular complexity index is 497. The van der Waals surface area contributed by atoms with Crippen LogP contribution in [0.5, 0.6) is 0 Å². The molecule has 0 radical (unpaired) electrons. The predicted molar refractivity (Wildman–Crippen MR) is 63.2 cm³/mol. The van der Waals surface area contributed by atoms with Crippen LogP contribution in [0.2, 0.25) is 0 Å². The molecule has 1 rings (SSSR count). The second-order valence-corrected chi connectivity index (χ2v) is 5.43. The molecule has 0 N–H and O–H groups in total.